The molecular formula is C16H20S4. The van der Waals surface area contributed by atoms with Crippen LogP contribution in [0.5, 0.6) is 0 Å². The first kappa shape index (κ1) is 18.1. The fraction of sp³-hybridized carbons (Fsp3) is 0.500. The zero-order valence-electron chi connectivity index (χ0n) is 12.0. The molecule has 0 aromatic rings. The van der Waals surface area contributed by atoms with Gasteiger partial charge in [-0.05, 0) is 45.6 Å². The van der Waals surface area contributed by atoms with Crippen LogP contribution in [0.3, 0.4) is 0 Å². The Bertz CT molecular complexity index is 416. The zero-order chi connectivity index (χ0) is 14.8. The lowest BCUT2D eigenvalue weighted by molar-refractivity contribution is 0.854. The van der Waals surface area contributed by atoms with Crippen LogP contribution >= 0.6 is 45.1 Å². The molecule has 0 radical (unpaired) electrons. The van der Waals surface area contributed by atoms with Crippen molar-refractivity contribution in [1.29, 1.82) is 0 Å². The summed E-state index contributed by atoms with van der Waals surface area (Å²) in [7, 11) is 3.71. The molecule has 0 unspecified atom stereocenters. The third kappa shape index (κ3) is 5.41. The standard InChI is InChI=1S/C16H20S4/c1-5-9-13-14(10-6-2)16(18-12-8-4)20-19-15(13)17-11-7-3/h3-4H,5-6,9-12H2,1-2H3. The lowest BCUT2D eigenvalue weighted by atomic mass is 10.0. The van der Waals surface area contributed by atoms with Gasteiger partial charge in [0.05, 0.1) is 20.0 Å². The highest BCUT2D eigenvalue weighted by molar-refractivity contribution is 8.83. The molecule has 0 saturated heterocycles. The topological polar surface area (TPSA) is 0 Å². The monoisotopic (exact) mass is 340 g/mol. The third-order valence-corrected chi connectivity index (χ3v) is 8.23. The number of allylic oxidation sites excluding steroid dienone is 2. The van der Waals surface area contributed by atoms with Crippen molar-refractivity contribution in [2.24, 2.45) is 0 Å². The Kier molecular flexibility index (Phi) is 9.65. The van der Waals surface area contributed by atoms with E-state index in [1.165, 1.54) is 32.5 Å². The molecular weight excluding hydrogens is 320 g/mol. The minimum Gasteiger partial charge on any atom is -0.119 e. The van der Waals surface area contributed by atoms with Gasteiger partial charge in [0.1, 0.15) is 0 Å². The van der Waals surface area contributed by atoms with E-state index in [1.807, 2.05) is 21.6 Å². The largest absolute Gasteiger partial charge is 0.119 e. The summed E-state index contributed by atoms with van der Waals surface area (Å²) in [4.78, 5) is 0. The lowest BCUT2D eigenvalue weighted by Crippen LogP contribution is -1.99. The normalized spacial score (nSPS) is 15.2. The molecule has 0 fully saturated rings. The van der Waals surface area contributed by atoms with E-state index in [-0.39, 0.29) is 0 Å². The molecule has 0 atom stereocenters. The van der Waals surface area contributed by atoms with Crippen LogP contribution in [0, 0.1) is 24.7 Å². The van der Waals surface area contributed by atoms with Gasteiger partial charge in [-0.3, -0.25) is 0 Å². The predicted molar refractivity (Wildman–Crippen MR) is 102 cm³/mol. The van der Waals surface area contributed by atoms with Crippen molar-refractivity contribution in [3.8, 4) is 24.7 Å². The van der Waals surface area contributed by atoms with Crippen LogP contribution in [0.2, 0.25) is 0 Å². The minimum absolute atomic E-state index is 0.752. The maximum absolute atomic E-state index is 5.40. The maximum Gasteiger partial charge on any atom is 0.0597 e. The fourth-order valence-corrected chi connectivity index (χ4v) is 7.17. The van der Waals surface area contributed by atoms with Gasteiger partial charge < -0.3 is 0 Å². The summed E-state index contributed by atoms with van der Waals surface area (Å²) in [5.41, 5.74) is 3.02. The van der Waals surface area contributed by atoms with Crippen molar-refractivity contribution in [3.05, 3.63) is 19.6 Å². The average molecular weight is 341 g/mol. The summed E-state index contributed by atoms with van der Waals surface area (Å²) in [6.07, 6.45) is 15.4. The first-order chi connectivity index (χ1) is 9.78. The van der Waals surface area contributed by atoms with E-state index in [2.05, 4.69) is 25.7 Å². The van der Waals surface area contributed by atoms with Gasteiger partial charge in [0.2, 0.25) is 0 Å². The van der Waals surface area contributed by atoms with E-state index < -0.39 is 0 Å². The van der Waals surface area contributed by atoms with E-state index in [4.69, 9.17) is 12.8 Å². The van der Waals surface area contributed by atoms with Gasteiger partial charge in [0.15, 0.2) is 0 Å². The molecule has 20 heavy (non-hydrogen) atoms. The molecule has 1 rings (SSSR count). The second kappa shape index (κ2) is 10.7. The van der Waals surface area contributed by atoms with E-state index in [0.29, 0.717) is 0 Å². The molecule has 1 aliphatic rings. The number of terminal acetylenes is 2. The van der Waals surface area contributed by atoms with E-state index in [1.54, 1.807) is 23.5 Å². The smallest absolute Gasteiger partial charge is 0.0597 e. The summed E-state index contributed by atoms with van der Waals surface area (Å²) in [5, 5.41) is 0. The molecule has 1 aliphatic heterocycles. The SMILES string of the molecule is C#CCSC1=C(CCC)C(CCC)=C(SCC#C)SS1. The average Bonchev–Trinajstić information content (AvgIpc) is 2.46. The minimum atomic E-state index is 0.752. The highest BCUT2D eigenvalue weighted by Crippen LogP contribution is 2.55. The number of rotatable bonds is 8. The van der Waals surface area contributed by atoms with E-state index in [9.17, 15) is 0 Å². The Labute approximate surface area is 140 Å². The summed E-state index contributed by atoms with van der Waals surface area (Å²) in [5.74, 6) is 6.96. The molecule has 0 saturated carbocycles. The molecule has 0 bridgehead atoms. The molecule has 0 aromatic heterocycles. The number of hydrogen-bond acceptors (Lipinski definition) is 4. The van der Waals surface area contributed by atoms with Crippen molar-refractivity contribution in [1.82, 2.24) is 0 Å². The molecule has 4 heteroatoms. The molecule has 1 heterocycles. The van der Waals surface area contributed by atoms with Gasteiger partial charge in [0, 0.05) is 0 Å². The van der Waals surface area contributed by atoms with Gasteiger partial charge in [-0.2, -0.15) is 0 Å². The molecule has 0 aromatic carbocycles. The summed E-state index contributed by atoms with van der Waals surface area (Å²) in [6.45, 7) is 4.47. The Hall–Kier alpha value is -0.000000000000000111. The van der Waals surface area contributed by atoms with E-state index >= 15 is 0 Å². The van der Waals surface area contributed by atoms with Gasteiger partial charge >= 0.3 is 0 Å². The third-order valence-electron chi connectivity index (χ3n) is 2.62. The molecule has 0 aliphatic carbocycles. The maximum atomic E-state index is 5.40. The fourth-order valence-electron chi connectivity index (χ4n) is 1.87. The lowest BCUT2D eigenvalue weighted by Gasteiger charge is -2.24. The second-order valence-electron chi connectivity index (χ2n) is 4.18. The first-order valence-electron chi connectivity index (χ1n) is 6.72. The van der Waals surface area contributed by atoms with Crippen LogP contribution in [0.25, 0.3) is 0 Å². The van der Waals surface area contributed by atoms with Crippen molar-refractivity contribution in [3.63, 3.8) is 0 Å². The predicted octanol–water partition coefficient (Wildman–Crippen LogP) is 6.14. The quantitative estimate of drug-likeness (QED) is 0.384. The Morgan fingerprint density at radius 1 is 0.850 bits per heavy atom. The molecule has 0 nitrogen and oxygen atoms in total. The Morgan fingerprint density at radius 2 is 1.25 bits per heavy atom. The van der Waals surface area contributed by atoms with Crippen LogP contribution in [-0.4, -0.2) is 11.5 Å². The number of hydrogen-bond donors (Lipinski definition) is 0. The van der Waals surface area contributed by atoms with Crippen molar-refractivity contribution >= 4 is 45.1 Å². The Balaban J connectivity index is 3.07. The van der Waals surface area contributed by atoms with Crippen LogP contribution in [0.1, 0.15) is 39.5 Å². The van der Waals surface area contributed by atoms with Gasteiger partial charge in [0.25, 0.3) is 0 Å². The molecule has 108 valence electrons. The first-order valence-corrected chi connectivity index (χ1v) is 10.8. The molecule has 0 amide bonds. The second-order valence-corrected chi connectivity index (χ2v) is 8.82. The highest BCUT2D eigenvalue weighted by Gasteiger charge is 2.22. The van der Waals surface area contributed by atoms with Gasteiger partial charge in [-0.1, -0.05) is 38.5 Å². The van der Waals surface area contributed by atoms with Crippen LogP contribution in [0.15, 0.2) is 19.6 Å². The van der Waals surface area contributed by atoms with Gasteiger partial charge in [-0.25, -0.2) is 0 Å². The number of thioether (sulfide) groups is 2. The van der Waals surface area contributed by atoms with E-state index in [0.717, 1.165) is 24.3 Å². The summed E-state index contributed by atoms with van der Waals surface area (Å²) >= 11 is 3.61. The van der Waals surface area contributed by atoms with Gasteiger partial charge in [-0.15, -0.1) is 36.4 Å². The highest BCUT2D eigenvalue weighted by atomic mass is 33.1. The van der Waals surface area contributed by atoms with Crippen LogP contribution in [0.4, 0.5) is 0 Å². The Morgan fingerprint density at radius 3 is 1.55 bits per heavy atom. The van der Waals surface area contributed by atoms with Crippen molar-refractivity contribution in [2.45, 2.75) is 39.5 Å². The molecule has 0 N–H and O–H groups in total. The van der Waals surface area contributed by atoms with Crippen molar-refractivity contribution < 1.29 is 0 Å². The van der Waals surface area contributed by atoms with Crippen molar-refractivity contribution in [2.75, 3.05) is 11.5 Å². The van der Waals surface area contributed by atoms with Crippen LogP contribution in [-0.2, 0) is 0 Å². The summed E-state index contributed by atoms with van der Waals surface area (Å²) < 4.78 is 2.81. The van der Waals surface area contributed by atoms with Crippen LogP contribution < -0.4 is 0 Å². The summed E-state index contributed by atoms with van der Waals surface area (Å²) in [6, 6.07) is 0. The zero-order valence-corrected chi connectivity index (χ0v) is 15.3. The molecule has 0 spiro atoms.